The average Bonchev–Trinajstić information content (AvgIpc) is 1.73. The molecule has 7 heteroatoms. The second-order valence-electron chi connectivity index (χ2n) is 3.31. The molecule has 1 fully saturated rings. The molecule has 1 rings (SSSR count). The molecule has 78 valence electrons. The Morgan fingerprint density at radius 2 is 1.69 bits per heavy atom. The van der Waals surface area contributed by atoms with Crippen molar-refractivity contribution < 1.29 is 25.5 Å². The van der Waals surface area contributed by atoms with Crippen molar-refractivity contribution in [1.29, 1.82) is 0 Å². The molecule has 0 bridgehead atoms. The first kappa shape index (κ1) is 10.7. The lowest BCUT2D eigenvalue weighted by atomic mass is 9.70. The summed E-state index contributed by atoms with van der Waals surface area (Å²) in [6.45, 7) is 0. The van der Waals surface area contributed by atoms with Gasteiger partial charge in [0.25, 0.3) is 0 Å². The maximum absolute atomic E-state index is 12.3. The molecule has 0 aromatic rings. The first-order valence-electron chi connectivity index (χ1n) is 3.65. The van der Waals surface area contributed by atoms with Crippen LogP contribution in [0.15, 0.2) is 0 Å². The van der Waals surface area contributed by atoms with Crippen LogP contribution in [0.5, 0.6) is 0 Å². The monoisotopic (exact) mass is 220 g/mol. The van der Waals surface area contributed by atoms with Crippen LogP contribution in [0.25, 0.3) is 0 Å². The van der Waals surface area contributed by atoms with E-state index in [1.807, 2.05) is 0 Å². The fraction of sp³-hybridized carbons (Fsp3) is 1.00. The molecule has 0 amide bonds. The van der Waals surface area contributed by atoms with Crippen LogP contribution >= 0.6 is 0 Å². The molecule has 0 aliphatic heterocycles. The van der Waals surface area contributed by atoms with Crippen molar-refractivity contribution in [2.75, 3.05) is 5.75 Å². The first-order valence-corrected chi connectivity index (χ1v) is 5.21. The van der Waals surface area contributed by atoms with Crippen molar-refractivity contribution >= 4 is 10.2 Å². The molecule has 0 saturated heterocycles. The van der Waals surface area contributed by atoms with Gasteiger partial charge >= 0.3 is 16.4 Å². The fourth-order valence-corrected chi connectivity index (χ4v) is 2.56. The Morgan fingerprint density at radius 3 is 1.77 bits per heavy atom. The maximum atomic E-state index is 12.3. The molecule has 13 heavy (non-hydrogen) atoms. The van der Waals surface area contributed by atoms with Gasteiger partial charge in [-0.25, -0.2) is 0 Å². The van der Waals surface area contributed by atoms with Gasteiger partial charge in [0, 0.05) is 0 Å². The minimum atomic E-state index is -5.05. The van der Waals surface area contributed by atoms with Gasteiger partial charge in [0.15, 0.2) is 0 Å². The quantitative estimate of drug-likeness (QED) is 0.527. The highest BCUT2D eigenvalue weighted by Crippen LogP contribution is 2.53. The van der Waals surface area contributed by atoms with Crippen LogP contribution in [0.4, 0.5) is 17.1 Å². The van der Waals surface area contributed by atoms with Crippen molar-refractivity contribution in [3.8, 4) is 0 Å². The highest BCUT2D eigenvalue weighted by molar-refractivity contribution is 7.86. The maximum Gasteiger partial charge on any atom is 0.395 e. The smallest absolute Gasteiger partial charge is 0.195 e. The SMILES string of the molecule is O=S(=O)(F)CC1(C(F)(F)F)CCC1. The van der Waals surface area contributed by atoms with Gasteiger partial charge in [0.2, 0.25) is 0 Å². The largest absolute Gasteiger partial charge is 0.395 e. The molecule has 0 heterocycles. The molecule has 1 aliphatic carbocycles. The minimum absolute atomic E-state index is 0.292. The van der Waals surface area contributed by atoms with Gasteiger partial charge in [-0.3, -0.25) is 0 Å². The van der Waals surface area contributed by atoms with E-state index in [1.165, 1.54) is 0 Å². The zero-order valence-electron chi connectivity index (χ0n) is 6.57. The molecule has 2 nitrogen and oxygen atoms in total. The van der Waals surface area contributed by atoms with E-state index in [-0.39, 0.29) is 12.8 Å². The predicted molar refractivity (Wildman–Crippen MR) is 37.2 cm³/mol. The van der Waals surface area contributed by atoms with Gasteiger partial charge in [-0.05, 0) is 12.8 Å². The Bertz CT molecular complexity index is 288. The Kier molecular flexibility index (Phi) is 2.34. The van der Waals surface area contributed by atoms with E-state index >= 15 is 0 Å². The van der Waals surface area contributed by atoms with Crippen LogP contribution in [0, 0.1) is 5.41 Å². The lowest BCUT2D eigenvalue weighted by molar-refractivity contribution is -0.241. The van der Waals surface area contributed by atoms with E-state index in [9.17, 15) is 25.5 Å². The Hall–Kier alpha value is -0.330. The summed E-state index contributed by atoms with van der Waals surface area (Å²) in [4.78, 5) is 0. The third-order valence-corrected chi connectivity index (χ3v) is 3.26. The van der Waals surface area contributed by atoms with Gasteiger partial charge in [0.05, 0.1) is 11.2 Å². The second-order valence-corrected chi connectivity index (χ2v) is 4.68. The normalized spacial score (nSPS) is 22.5. The van der Waals surface area contributed by atoms with Crippen LogP contribution in [0.2, 0.25) is 0 Å². The van der Waals surface area contributed by atoms with Crippen molar-refractivity contribution in [3.05, 3.63) is 0 Å². The molecule has 0 N–H and O–H groups in total. The summed E-state index contributed by atoms with van der Waals surface area (Å²) in [5.74, 6) is -1.43. The van der Waals surface area contributed by atoms with Gasteiger partial charge in [-0.1, -0.05) is 6.42 Å². The zero-order chi connectivity index (χ0) is 10.3. The Morgan fingerprint density at radius 1 is 1.23 bits per heavy atom. The van der Waals surface area contributed by atoms with Crippen LogP contribution in [-0.4, -0.2) is 20.3 Å². The highest BCUT2D eigenvalue weighted by Gasteiger charge is 2.60. The second kappa shape index (κ2) is 2.83. The third-order valence-electron chi connectivity index (χ3n) is 2.36. The first-order chi connectivity index (χ1) is 5.66. The van der Waals surface area contributed by atoms with E-state index in [2.05, 4.69) is 0 Å². The van der Waals surface area contributed by atoms with E-state index in [4.69, 9.17) is 0 Å². The molecule has 0 aromatic carbocycles. The molecule has 0 aromatic heterocycles. The fourth-order valence-electron chi connectivity index (χ4n) is 1.44. The van der Waals surface area contributed by atoms with Gasteiger partial charge in [-0.2, -0.15) is 21.6 Å². The molecule has 0 radical (unpaired) electrons. The minimum Gasteiger partial charge on any atom is -0.195 e. The summed E-state index contributed by atoms with van der Waals surface area (Å²) >= 11 is 0. The van der Waals surface area contributed by atoms with E-state index in [1.54, 1.807) is 0 Å². The van der Waals surface area contributed by atoms with E-state index < -0.39 is 27.6 Å². The van der Waals surface area contributed by atoms with Crippen LogP contribution in [-0.2, 0) is 10.2 Å². The molecular formula is C6H8F4O2S. The summed E-state index contributed by atoms with van der Waals surface area (Å²) in [6.07, 6.45) is -4.90. The van der Waals surface area contributed by atoms with Gasteiger partial charge in [-0.15, -0.1) is 3.89 Å². The lowest BCUT2D eigenvalue weighted by Crippen LogP contribution is -2.48. The van der Waals surface area contributed by atoms with E-state index in [0.717, 1.165) is 0 Å². The molecule has 0 spiro atoms. The third kappa shape index (κ3) is 2.12. The Labute approximate surface area is 73.1 Å². The van der Waals surface area contributed by atoms with Crippen molar-refractivity contribution in [2.24, 2.45) is 5.41 Å². The van der Waals surface area contributed by atoms with Crippen LogP contribution in [0.1, 0.15) is 19.3 Å². The number of hydrogen-bond acceptors (Lipinski definition) is 2. The molecule has 1 aliphatic rings. The van der Waals surface area contributed by atoms with Crippen molar-refractivity contribution in [1.82, 2.24) is 0 Å². The highest BCUT2D eigenvalue weighted by atomic mass is 32.3. The van der Waals surface area contributed by atoms with Crippen LogP contribution < -0.4 is 0 Å². The van der Waals surface area contributed by atoms with Crippen molar-refractivity contribution in [2.45, 2.75) is 25.4 Å². The van der Waals surface area contributed by atoms with Gasteiger partial charge < -0.3 is 0 Å². The topological polar surface area (TPSA) is 34.1 Å². The predicted octanol–water partition coefficient (Wildman–Crippen LogP) is 2.02. The number of hydrogen-bond donors (Lipinski definition) is 0. The number of alkyl halides is 3. The summed E-state index contributed by atoms with van der Waals surface area (Å²) in [6, 6.07) is 0. The molecule has 0 unspecified atom stereocenters. The van der Waals surface area contributed by atoms with Crippen LogP contribution in [0.3, 0.4) is 0 Å². The van der Waals surface area contributed by atoms with Crippen molar-refractivity contribution in [3.63, 3.8) is 0 Å². The summed E-state index contributed by atoms with van der Waals surface area (Å²) < 4.78 is 69.1. The molecule has 0 atom stereocenters. The molecular weight excluding hydrogens is 212 g/mol. The Balaban J connectivity index is 2.84. The average molecular weight is 220 g/mol. The lowest BCUT2D eigenvalue weighted by Gasteiger charge is -2.41. The van der Waals surface area contributed by atoms with Gasteiger partial charge in [0.1, 0.15) is 0 Å². The standard InChI is InChI=1S/C6H8F4O2S/c7-6(8,9)5(2-1-3-5)4-13(10,11)12/h1-4H2. The summed E-state index contributed by atoms with van der Waals surface area (Å²) in [7, 11) is -5.05. The summed E-state index contributed by atoms with van der Waals surface area (Å²) in [5, 5.41) is 0. The van der Waals surface area contributed by atoms with E-state index in [0.29, 0.717) is 6.42 Å². The molecule has 1 saturated carbocycles. The summed E-state index contributed by atoms with van der Waals surface area (Å²) in [5.41, 5.74) is -2.32. The number of rotatable bonds is 2. The zero-order valence-corrected chi connectivity index (χ0v) is 7.38. The number of halogens is 4.